The molecule has 0 radical (unpaired) electrons. The van der Waals surface area contributed by atoms with Crippen LogP contribution in [0.3, 0.4) is 0 Å². The number of unbranched alkanes of at least 4 members (excludes halogenated alkanes) is 1. The Labute approximate surface area is 120 Å². The highest BCUT2D eigenvalue weighted by atomic mass is 32.2. The molecule has 0 aliphatic rings. The Kier molecular flexibility index (Phi) is 5.44. The predicted molar refractivity (Wildman–Crippen MR) is 73.6 cm³/mol. The van der Waals surface area contributed by atoms with Crippen molar-refractivity contribution >= 4 is 16.0 Å². The van der Waals surface area contributed by atoms with Crippen molar-refractivity contribution in [1.29, 1.82) is 0 Å². The third-order valence-electron chi connectivity index (χ3n) is 2.81. The molecule has 118 valence electrons. The molecule has 9 nitrogen and oxygen atoms in total. The molecule has 1 aromatic heterocycles. The van der Waals surface area contributed by atoms with E-state index in [1.807, 2.05) is 0 Å². The van der Waals surface area contributed by atoms with Gasteiger partial charge in [0.1, 0.15) is 0 Å². The van der Waals surface area contributed by atoms with E-state index in [-0.39, 0.29) is 13.0 Å². The second-order valence-corrected chi connectivity index (χ2v) is 6.23. The molecule has 0 spiro atoms. The highest BCUT2D eigenvalue weighted by Crippen LogP contribution is 2.01. The number of rotatable bonds is 7. The second kappa shape index (κ2) is 6.68. The molecule has 0 fully saturated rings. The molecule has 0 aliphatic carbocycles. The van der Waals surface area contributed by atoms with Crippen molar-refractivity contribution in [3.8, 4) is 0 Å². The largest absolute Gasteiger partial charge is 0.481 e. The second-order valence-electron chi connectivity index (χ2n) is 4.50. The summed E-state index contributed by atoms with van der Waals surface area (Å²) < 4.78 is 27.9. The van der Waals surface area contributed by atoms with E-state index in [1.165, 1.54) is 14.1 Å². The standard InChI is InChI=1S/C11H17N3O6S/c1-13-7-8(10(17)14(2)11(13)18)21(19,20)12-6-4-3-5-9(15)16/h7,12H,3-6H2,1-2H3,(H,15,16). The molecule has 21 heavy (non-hydrogen) atoms. The number of hydrogen-bond donors (Lipinski definition) is 2. The first-order valence-corrected chi connectivity index (χ1v) is 7.63. The van der Waals surface area contributed by atoms with Crippen LogP contribution >= 0.6 is 0 Å². The zero-order valence-corrected chi connectivity index (χ0v) is 12.5. The van der Waals surface area contributed by atoms with Crippen LogP contribution in [0.15, 0.2) is 20.7 Å². The van der Waals surface area contributed by atoms with Crippen molar-refractivity contribution in [1.82, 2.24) is 13.9 Å². The minimum Gasteiger partial charge on any atom is -0.481 e. The summed E-state index contributed by atoms with van der Waals surface area (Å²) in [5.74, 6) is -0.954. The van der Waals surface area contributed by atoms with Crippen molar-refractivity contribution in [2.75, 3.05) is 6.54 Å². The van der Waals surface area contributed by atoms with Gasteiger partial charge in [-0.15, -0.1) is 0 Å². The van der Waals surface area contributed by atoms with Gasteiger partial charge in [-0.25, -0.2) is 17.9 Å². The molecule has 0 aliphatic heterocycles. The predicted octanol–water partition coefficient (Wildman–Crippen LogP) is -1.38. The lowest BCUT2D eigenvalue weighted by molar-refractivity contribution is -0.137. The van der Waals surface area contributed by atoms with Crippen LogP contribution < -0.4 is 16.0 Å². The number of carboxylic acids is 1. The highest BCUT2D eigenvalue weighted by molar-refractivity contribution is 7.89. The Morgan fingerprint density at radius 2 is 1.90 bits per heavy atom. The van der Waals surface area contributed by atoms with E-state index < -0.39 is 32.1 Å². The Bertz CT molecular complexity index is 746. The Morgan fingerprint density at radius 1 is 1.29 bits per heavy atom. The van der Waals surface area contributed by atoms with Crippen molar-refractivity contribution in [3.05, 3.63) is 27.0 Å². The highest BCUT2D eigenvalue weighted by Gasteiger charge is 2.20. The van der Waals surface area contributed by atoms with Crippen LogP contribution in [0.1, 0.15) is 19.3 Å². The van der Waals surface area contributed by atoms with Crippen LogP contribution in [0.4, 0.5) is 0 Å². The minimum atomic E-state index is -4.04. The van der Waals surface area contributed by atoms with Crippen LogP contribution in [-0.2, 0) is 28.9 Å². The van der Waals surface area contributed by atoms with E-state index in [2.05, 4.69) is 4.72 Å². The SMILES string of the molecule is Cn1cc(S(=O)(=O)NCCCCC(=O)O)c(=O)n(C)c1=O. The maximum Gasteiger partial charge on any atom is 0.330 e. The van der Waals surface area contributed by atoms with Crippen LogP contribution in [-0.4, -0.2) is 35.2 Å². The van der Waals surface area contributed by atoms with Crippen molar-refractivity contribution in [3.63, 3.8) is 0 Å². The van der Waals surface area contributed by atoms with E-state index in [0.29, 0.717) is 17.4 Å². The molecule has 0 saturated heterocycles. The fourth-order valence-corrected chi connectivity index (χ4v) is 2.88. The minimum absolute atomic E-state index is 0.0155. The summed E-state index contributed by atoms with van der Waals surface area (Å²) >= 11 is 0. The molecule has 10 heteroatoms. The van der Waals surface area contributed by atoms with E-state index in [1.54, 1.807) is 0 Å². The summed E-state index contributed by atoms with van der Waals surface area (Å²) in [6.07, 6.45) is 1.56. The van der Waals surface area contributed by atoms with Crippen LogP contribution in [0.5, 0.6) is 0 Å². The molecule has 0 bridgehead atoms. The summed E-state index contributed by atoms with van der Waals surface area (Å²) in [5, 5.41) is 8.46. The molecule has 0 atom stereocenters. The fraction of sp³-hybridized carbons (Fsp3) is 0.545. The maximum absolute atomic E-state index is 12.0. The zero-order chi connectivity index (χ0) is 16.2. The number of aromatic nitrogens is 2. The fourth-order valence-electron chi connectivity index (χ4n) is 1.64. The summed E-state index contributed by atoms with van der Waals surface area (Å²) in [6, 6.07) is 0. The number of nitrogens with zero attached hydrogens (tertiary/aromatic N) is 2. The number of carbonyl (C=O) groups is 1. The van der Waals surface area contributed by atoms with Gasteiger partial charge in [0, 0.05) is 33.3 Å². The number of carboxylic acid groups (broad SMARTS) is 1. The van der Waals surface area contributed by atoms with Crippen molar-refractivity contribution < 1.29 is 18.3 Å². The van der Waals surface area contributed by atoms with Gasteiger partial charge < -0.3 is 9.67 Å². The number of hydrogen-bond acceptors (Lipinski definition) is 5. The molecular formula is C11H17N3O6S. The third-order valence-corrected chi connectivity index (χ3v) is 4.26. The molecule has 2 N–H and O–H groups in total. The van der Waals surface area contributed by atoms with Gasteiger partial charge in [0.05, 0.1) is 0 Å². The third kappa shape index (κ3) is 4.26. The lowest BCUT2D eigenvalue weighted by Crippen LogP contribution is -2.41. The van der Waals surface area contributed by atoms with Gasteiger partial charge in [-0.3, -0.25) is 14.2 Å². The monoisotopic (exact) mass is 319 g/mol. The number of aryl methyl sites for hydroxylation is 1. The van der Waals surface area contributed by atoms with Crippen LogP contribution in [0.2, 0.25) is 0 Å². The lowest BCUT2D eigenvalue weighted by Gasteiger charge is -2.08. The van der Waals surface area contributed by atoms with Crippen LogP contribution in [0.25, 0.3) is 0 Å². The number of sulfonamides is 1. The lowest BCUT2D eigenvalue weighted by atomic mass is 10.2. The van der Waals surface area contributed by atoms with Gasteiger partial charge in [-0.1, -0.05) is 0 Å². The average molecular weight is 319 g/mol. The topological polar surface area (TPSA) is 127 Å². The number of aliphatic carboxylic acids is 1. The summed E-state index contributed by atoms with van der Waals surface area (Å²) in [4.78, 5) is 33.1. The molecule has 1 rings (SSSR count). The molecule has 0 aromatic carbocycles. The first-order chi connectivity index (χ1) is 9.66. The molecule has 0 unspecified atom stereocenters. The van der Waals surface area contributed by atoms with Gasteiger partial charge in [0.15, 0.2) is 4.90 Å². The molecule has 1 aromatic rings. The van der Waals surface area contributed by atoms with Crippen LogP contribution in [0, 0.1) is 0 Å². The number of nitrogens with one attached hydrogen (secondary N) is 1. The van der Waals surface area contributed by atoms with E-state index in [4.69, 9.17) is 5.11 Å². The van der Waals surface area contributed by atoms with E-state index >= 15 is 0 Å². The van der Waals surface area contributed by atoms with Gasteiger partial charge in [-0.05, 0) is 12.8 Å². The summed E-state index contributed by atoms with van der Waals surface area (Å²) in [6.45, 7) is 0.0155. The quantitative estimate of drug-likeness (QED) is 0.596. The van der Waals surface area contributed by atoms with Crippen molar-refractivity contribution in [2.45, 2.75) is 24.2 Å². The van der Waals surface area contributed by atoms with E-state index in [0.717, 1.165) is 10.8 Å². The first kappa shape index (κ1) is 17.1. The Hall–Kier alpha value is -1.94. The first-order valence-electron chi connectivity index (χ1n) is 6.15. The Morgan fingerprint density at radius 3 is 2.48 bits per heavy atom. The van der Waals surface area contributed by atoms with Gasteiger partial charge in [-0.2, -0.15) is 0 Å². The normalized spacial score (nSPS) is 11.5. The molecule has 0 amide bonds. The van der Waals surface area contributed by atoms with Gasteiger partial charge >= 0.3 is 11.7 Å². The average Bonchev–Trinajstić information content (AvgIpc) is 2.39. The van der Waals surface area contributed by atoms with Crippen molar-refractivity contribution in [2.24, 2.45) is 14.1 Å². The molecule has 0 saturated carbocycles. The Balaban J connectivity index is 2.87. The summed E-state index contributed by atoms with van der Waals surface area (Å²) in [7, 11) is -1.51. The smallest absolute Gasteiger partial charge is 0.330 e. The molecular weight excluding hydrogens is 302 g/mol. The maximum atomic E-state index is 12.0. The van der Waals surface area contributed by atoms with Gasteiger partial charge in [0.25, 0.3) is 5.56 Å². The zero-order valence-electron chi connectivity index (χ0n) is 11.7. The van der Waals surface area contributed by atoms with E-state index in [9.17, 15) is 22.8 Å². The molecule has 1 heterocycles. The summed E-state index contributed by atoms with van der Waals surface area (Å²) in [5.41, 5.74) is -1.53. The van der Waals surface area contributed by atoms with Gasteiger partial charge in [0.2, 0.25) is 10.0 Å².